The summed E-state index contributed by atoms with van der Waals surface area (Å²) in [7, 11) is 3.48. The van der Waals surface area contributed by atoms with Gasteiger partial charge >= 0.3 is 0 Å². The van der Waals surface area contributed by atoms with E-state index in [1.54, 1.807) is 14.2 Å². The van der Waals surface area contributed by atoms with E-state index in [1.807, 2.05) is 6.92 Å². The molecule has 0 spiro atoms. The molecule has 0 aromatic carbocycles. The second-order valence-corrected chi connectivity index (χ2v) is 5.92. The topological polar surface area (TPSA) is 68.9 Å². The molecular weight excluding hydrogens is 381 g/mol. The van der Waals surface area contributed by atoms with Gasteiger partial charge in [-0.05, 0) is 19.8 Å². The SMILES string of the molecule is CCC1(CC)C(N=C(N)NC(C)COC)C(C)C1OC.I. The van der Waals surface area contributed by atoms with Crippen molar-refractivity contribution >= 4 is 29.9 Å². The third-order valence-electron chi connectivity index (χ3n) is 4.79. The van der Waals surface area contributed by atoms with Crippen LogP contribution in [0.2, 0.25) is 0 Å². The lowest BCUT2D eigenvalue weighted by molar-refractivity contribution is -0.156. The van der Waals surface area contributed by atoms with Crippen molar-refractivity contribution in [1.29, 1.82) is 0 Å². The summed E-state index contributed by atoms with van der Waals surface area (Å²) < 4.78 is 10.8. The third kappa shape index (κ3) is 4.22. The van der Waals surface area contributed by atoms with E-state index < -0.39 is 0 Å². The van der Waals surface area contributed by atoms with Crippen molar-refractivity contribution < 1.29 is 9.47 Å². The molecule has 1 aliphatic carbocycles. The predicted octanol–water partition coefficient (Wildman–Crippen LogP) is 2.38. The van der Waals surface area contributed by atoms with E-state index in [4.69, 9.17) is 20.2 Å². The molecule has 3 N–H and O–H groups in total. The van der Waals surface area contributed by atoms with Crippen molar-refractivity contribution in [2.45, 2.75) is 58.7 Å². The number of guanidine groups is 1. The van der Waals surface area contributed by atoms with Crippen molar-refractivity contribution in [1.82, 2.24) is 5.32 Å². The van der Waals surface area contributed by atoms with Crippen LogP contribution < -0.4 is 11.1 Å². The van der Waals surface area contributed by atoms with E-state index >= 15 is 0 Å². The highest BCUT2D eigenvalue weighted by molar-refractivity contribution is 14.0. The van der Waals surface area contributed by atoms with E-state index in [0.717, 1.165) is 12.8 Å². The molecule has 0 bridgehead atoms. The van der Waals surface area contributed by atoms with E-state index in [9.17, 15) is 0 Å². The zero-order valence-corrected chi connectivity index (χ0v) is 16.5. The minimum Gasteiger partial charge on any atom is -0.383 e. The Bertz CT molecular complexity index is 335. The van der Waals surface area contributed by atoms with Gasteiger partial charge in [0.2, 0.25) is 0 Å². The molecule has 0 heterocycles. The number of methoxy groups -OCH3 is 2. The van der Waals surface area contributed by atoms with Crippen LogP contribution in [0.4, 0.5) is 0 Å². The predicted molar refractivity (Wildman–Crippen MR) is 98.3 cm³/mol. The Balaban J connectivity index is 0.00000400. The smallest absolute Gasteiger partial charge is 0.189 e. The summed E-state index contributed by atoms with van der Waals surface area (Å²) in [6, 6.07) is 0.389. The molecule has 1 saturated carbocycles. The zero-order chi connectivity index (χ0) is 15.3. The summed E-state index contributed by atoms with van der Waals surface area (Å²) in [6.07, 6.45) is 2.39. The Morgan fingerprint density at radius 3 is 2.33 bits per heavy atom. The standard InChI is InChI=1S/C15H31N3O2.HI/c1-7-15(8-2)12(11(4)13(15)20-6)18-14(16)17-10(3)9-19-5;/h10-13H,7-9H2,1-6H3,(H3,16,17,18);1H. The Labute approximate surface area is 146 Å². The molecule has 0 aromatic heterocycles. The zero-order valence-electron chi connectivity index (χ0n) is 14.2. The second kappa shape index (κ2) is 9.15. The van der Waals surface area contributed by atoms with E-state index in [1.165, 1.54) is 0 Å². The number of hydrogen-bond acceptors (Lipinski definition) is 3. The number of aliphatic imine (C=N–C) groups is 1. The number of ether oxygens (including phenoxy) is 2. The molecule has 4 atom stereocenters. The van der Waals surface area contributed by atoms with Gasteiger partial charge in [-0.2, -0.15) is 0 Å². The van der Waals surface area contributed by atoms with Gasteiger partial charge in [-0.1, -0.05) is 20.8 Å². The van der Waals surface area contributed by atoms with Gasteiger partial charge < -0.3 is 20.5 Å². The molecule has 0 saturated heterocycles. The monoisotopic (exact) mass is 413 g/mol. The van der Waals surface area contributed by atoms with Crippen LogP contribution in [0.5, 0.6) is 0 Å². The van der Waals surface area contributed by atoms with Crippen molar-refractivity contribution in [3.8, 4) is 0 Å². The van der Waals surface area contributed by atoms with Gasteiger partial charge in [-0.3, -0.25) is 0 Å². The lowest BCUT2D eigenvalue weighted by Gasteiger charge is -2.57. The molecule has 0 aromatic rings. The Hall–Kier alpha value is -0.0800. The number of nitrogens with two attached hydrogens (primary N) is 1. The van der Waals surface area contributed by atoms with Crippen molar-refractivity contribution in [3.63, 3.8) is 0 Å². The van der Waals surface area contributed by atoms with Crippen LogP contribution in [0.3, 0.4) is 0 Å². The number of nitrogens with one attached hydrogen (secondary N) is 1. The van der Waals surface area contributed by atoms with E-state index in [0.29, 0.717) is 18.5 Å². The first-order valence-electron chi connectivity index (χ1n) is 7.58. The number of rotatable bonds is 7. The molecule has 0 radical (unpaired) electrons. The van der Waals surface area contributed by atoms with Gasteiger partial charge in [0.25, 0.3) is 0 Å². The summed E-state index contributed by atoms with van der Waals surface area (Å²) in [5.74, 6) is 0.908. The summed E-state index contributed by atoms with van der Waals surface area (Å²) in [6.45, 7) is 9.25. The molecular formula is C15H32IN3O2. The van der Waals surface area contributed by atoms with Crippen LogP contribution in [0.25, 0.3) is 0 Å². The maximum absolute atomic E-state index is 6.04. The second-order valence-electron chi connectivity index (χ2n) is 5.92. The first-order valence-corrected chi connectivity index (χ1v) is 7.58. The van der Waals surface area contributed by atoms with Crippen LogP contribution in [0.15, 0.2) is 4.99 Å². The molecule has 1 rings (SSSR count). The van der Waals surface area contributed by atoms with Crippen LogP contribution in [-0.4, -0.2) is 45.0 Å². The van der Waals surface area contributed by atoms with Crippen LogP contribution in [0.1, 0.15) is 40.5 Å². The molecule has 1 fully saturated rings. The minimum absolute atomic E-state index is 0. The van der Waals surface area contributed by atoms with Crippen molar-refractivity contribution in [2.75, 3.05) is 20.8 Å². The van der Waals surface area contributed by atoms with Gasteiger partial charge in [0, 0.05) is 31.6 Å². The Morgan fingerprint density at radius 2 is 1.90 bits per heavy atom. The lowest BCUT2D eigenvalue weighted by Crippen LogP contribution is -2.64. The van der Waals surface area contributed by atoms with Gasteiger partial charge in [0.05, 0.1) is 18.8 Å². The molecule has 21 heavy (non-hydrogen) atoms. The van der Waals surface area contributed by atoms with Gasteiger partial charge in [-0.25, -0.2) is 4.99 Å². The van der Waals surface area contributed by atoms with Gasteiger partial charge in [-0.15, -0.1) is 24.0 Å². The number of hydrogen-bond donors (Lipinski definition) is 2. The molecule has 0 aliphatic heterocycles. The molecule has 6 heteroatoms. The normalized spacial score (nSPS) is 29.2. The first kappa shape index (κ1) is 20.9. The molecule has 126 valence electrons. The molecule has 5 nitrogen and oxygen atoms in total. The molecule has 0 amide bonds. The van der Waals surface area contributed by atoms with Crippen LogP contribution >= 0.6 is 24.0 Å². The maximum atomic E-state index is 6.04. The summed E-state index contributed by atoms with van der Waals surface area (Å²) >= 11 is 0. The first-order chi connectivity index (χ1) is 9.46. The summed E-state index contributed by atoms with van der Waals surface area (Å²) in [4.78, 5) is 4.73. The Morgan fingerprint density at radius 1 is 1.33 bits per heavy atom. The highest BCUT2D eigenvalue weighted by Crippen LogP contribution is 2.53. The summed E-state index contributed by atoms with van der Waals surface area (Å²) in [5.41, 5.74) is 6.15. The maximum Gasteiger partial charge on any atom is 0.189 e. The van der Waals surface area contributed by atoms with Gasteiger partial charge in [0.15, 0.2) is 5.96 Å². The molecule has 4 unspecified atom stereocenters. The average Bonchev–Trinajstić information content (AvgIpc) is 2.41. The van der Waals surface area contributed by atoms with Crippen LogP contribution in [-0.2, 0) is 9.47 Å². The fourth-order valence-corrected chi connectivity index (χ4v) is 3.76. The third-order valence-corrected chi connectivity index (χ3v) is 4.79. The fourth-order valence-electron chi connectivity index (χ4n) is 3.76. The van der Waals surface area contributed by atoms with Crippen molar-refractivity contribution in [3.05, 3.63) is 0 Å². The minimum atomic E-state index is 0. The molecule has 1 aliphatic rings. The number of halogens is 1. The van der Waals surface area contributed by atoms with E-state index in [2.05, 4.69) is 26.1 Å². The van der Waals surface area contributed by atoms with Crippen LogP contribution in [0, 0.1) is 11.3 Å². The number of nitrogens with zero attached hydrogens (tertiary/aromatic N) is 1. The lowest BCUT2D eigenvalue weighted by atomic mass is 9.53. The average molecular weight is 413 g/mol. The quantitative estimate of drug-likeness (QED) is 0.382. The summed E-state index contributed by atoms with van der Waals surface area (Å²) in [5, 5.41) is 3.18. The Kier molecular flexibility index (Phi) is 9.11. The van der Waals surface area contributed by atoms with E-state index in [-0.39, 0.29) is 47.6 Å². The van der Waals surface area contributed by atoms with Crippen molar-refractivity contribution in [2.24, 2.45) is 22.1 Å². The fraction of sp³-hybridized carbons (Fsp3) is 0.933. The highest BCUT2D eigenvalue weighted by Gasteiger charge is 2.58. The highest BCUT2D eigenvalue weighted by atomic mass is 127. The van der Waals surface area contributed by atoms with Gasteiger partial charge in [0.1, 0.15) is 0 Å². The largest absolute Gasteiger partial charge is 0.383 e.